The van der Waals surface area contributed by atoms with E-state index in [1.165, 1.54) is 6.07 Å². The number of carboxylic acids is 1. The van der Waals surface area contributed by atoms with Crippen molar-refractivity contribution >= 4 is 33.9 Å². The zero-order chi connectivity index (χ0) is 28.3. The number of aromatic carboxylic acids is 1. The second-order valence-corrected chi connectivity index (χ2v) is 11.6. The van der Waals surface area contributed by atoms with Crippen LogP contribution in [0.4, 0.5) is 10.1 Å². The fraction of sp³-hybridized carbons (Fsp3) is 0.444. The van der Waals surface area contributed by atoms with Gasteiger partial charge in [-0.2, -0.15) is 0 Å². The van der Waals surface area contributed by atoms with Crippen LogP contribution in [0.3, 0.4) is 0 Å². The minimum Gasteiger partial charge on any atom is -0.492 e. The Hall–Kier alpha value is -3.51. The summed E-state index contributed by atoms with van der Waals surface area (Å²) in [5, 5.41) is 16.7. The van der Waals surface area contributed by atoms with Crippen LogP contribution in [0.25, 0.3) is 0 Å². The monoisotopic (exact) mass is 562 g/mol. The van der Waals surface area contributed by atoms with Crippen LogP contribution in [0.2, 0.25) is 0 Å². The molecule has 1 saturated carbocycles. The van der Waals surface area contributed by atoms with E-state index in [0.29, 0.717) is 19.1 Å². The lowest BCUT2D eigenvalue weighted by Crippen LogP contribution is -2.23. The van der Waals surface area contributed by atoms with Crippen molar-refractivity contribution in [3.63, 3.8) is 0 Å². The van der Waals surface area contributed by atoms with Crippen molar-refractivity contribution in [2.45, 2.75) is 43.4 Å². The number of nitrogens with zero attached hydrogens (tertiary/aromatic N) is 1. The van der Waals surface area contributed by atoms with Gasteiger partial charge in [0.2, 0.25) is 0 Å². The molecule has 0 bridgehead atoms. The van der Waals surface area contributed by atoms with E-state index >= 15 is 0 Å². The van der Waals surface area contributed by atoms with Gasteiger partial charge >= 0.3 is 5.97 Å². The summed E-state index contributed by atoms with van der Waals surface area (Å²) in [5.74, 6) is -1.16. The van der Waals surface area contributed by atoms with Gasteiger partial charge in [-0.25, -0.2) is 17.6 Å². The molecule has 3 aliphatic rings. The van der Waals surface area contributed by atoms with Gasteiger partial charge in [0.05, 0.1) is 17.2 Å². The number of halogens is 1. The zero-order valence-corrected chi connectivity index (χ0v) is 22.2. The van der Waals surface area contributed by atoms with Crippen LogP contribution in [-0.2, 0) is 26.0 Å². The molecule has 2 heterocycles. The summed E-state index contributed by atoms with van der Waals surface area (Å²) in [4.78, 5) is 35.2. The van der Waals surface area contributed by atoms with Gasteiger partial charge < -0.3 is 19.8 Å². The molecule has 2 aliphatic heterocycles. The third kappa shape index (κ3) is 6.22. The van der Waals surface area contributed by atoms with Gasteiger partial charge in [-0.3, -0.25) is 14.3 Å². The van der Waals surface area contributed by atoms with E-state index in [4.69, 9.17) is 14.6 Å². The van der Waals surface area contributed by atoms with Gasteiger partial charge in [0.25, 0.3) is 16.5 Å². The molecule has 0 amide bonds. The number of anilines is 1. The van der Waals surface area contributed by atoms with Crippen molar-refractivity contribution in [2.24, 2.45) is 11.8 Å². The molecule has 0 radical (unpaired) electrons. The Morgan fingerprint density at radius 1 is 1.26 bits per heavy atom. The van der Waals surface area contributed by atoms with Gasteiger partial charge in [-0.15, -0.1) is 0 Å². The molecule has 39 heavy (non-hydrogen) atoms. The number of benzene rings is 2. The van der Waals surface area contributed by atoms with Gasteiger partial charge in [-0.1, -0.05) is 13.0 Å². The first kappa shape index (κ1) is 28.5. The third-order valence-electron chi connectivity index (χ3n) is 7.54. The standard InChI is InChI=1S/C26H29FN2O6S.CH2O2/c1-2-29-10-9-16(13-29)22(30)7-3-15-11-18(27)4-8-23(15)36(33,34)28-21-6-5-19-20-12-17(20)14-35-25(19)24(21)26(31)32;2-1-3/h4-6,8,11,16-17,20,28H,2-3,7,9-10,12-14H2,1H3,(H,31,32);1H,(H,2,3)/t16-,17-,20-;/m0./s1. The van der Waals surface area contributed by atoms with Crippen molar-refractivity contribution in [1.82, 2.24) is 4.90 Å². The molecule has 0 spiro atoms. The predicted molar refractivity (Wildman–Crippen MR) is 139 cm³/mol. The molecule has 2 fully saturated rings. The average molecular weight is 563 g/mol. The number of carboxylic acid groups (broad SMARTS) is 2. The largest absolute Gasteiger partial charge is 0.492 e. The lowest BCUT2D eigenvalue weighted by molar-refractivity contribution is -0.123. The fourth-order valence-electron chi connectivity index (χ4n) is 5.40. The van der Waals surface area contributed by atoms with Crippen molar-refractivity contribution in [3.8, 4) is 5.75 Å². The van der Waals surface area contributed by atoms with Crippen molar-refractivity contribution in [2.75, 3.05) is 31.0 Å². The Morgan fingerprint density at radius 3 is 2.67 bits per heavy atom. The number of carbonyl (C=O) groups is 3. The van der Waals surface area contributed by atoms with Crippen LogP contribution in [0.15, 0.2) is 35.2 Å². The maximum absolute atomic E-state index is 14.1. The third-order valence-corrected chi connectivity index (χ3v) is 9.00. The fourth-order valence-corrected chi connectivity index (χ4v) is 6.72. The first-order chi connectivity index (χ1) is 18.6. The first-order valence-electron chi connectivity index (χ1n) is 12.8. The smallest absolute Gasteiger partial charge is 0.341 e. The predicted octanol–water partition coefficient (Wildman–Crippen LogP) is 3.36. The van der Waals surface area contributed by atoms with Crippen LogP contribution in [0.1, 0.15) is 53.6 Å². The van der Waals surface area contributed by atoms with Crippen LogP contribution < -0.4 is 9.46 Å². The molecule has 12 heteroatoms. The van der Waals surface area contributed by atoms with E-state index in [-0.39, 0.29) is 64.4 Å². The van der Waals surface area contributed by atoms with Gasteiger partial charge in [0, 0.05) is 24.8 Å². The van der Waals surface area contributed by atoms with Crippen LogP contribution >= 0.6 is 0 Å². The quantitative estimate of drug-likeness (QED) is 0.391. The molecule has 1 saturated heterocycles. The Labute approximate surface area is 225 Å². The highest BCUT2D eigenvalue weighted by atomic mass is 32.2. The molecular weight excluding hydrogens is 531 g/mol. The molecule has 0 unspecified atom stereocenters. The number of likely N-dealkylation sites (tertiary alicyclic amines) is 1. The second kappa shape index (κ2) is 11.7. The number of ether oxygens (including phenoxy) is 1. The van der Waals surface area contributed by atoms with E-state index in [1.54, 1.807) is 6.07 Å². The van der Waals surface area contributed by atoms with Gasteiger partial charge in [0.15, 0.2) is 0 Å². The number of nitrogens with one attached hydrogen (secondary N) is 1. The number of rotatable bonds is 9. The molecular formula is C27H31FN2O8S. The number of fused-ring (bicyclic) bond motifs is 3. The van der Waals surface area contributed by atoms with Gasteiger partial charge in [0.1, 0.15) is 22.9 Å². The lowest BCUT2D eigenvalue weighted by atomic mass is 9.97. The SMILES string of the molecule is CCN1CC[C@H](C(=O)CCc2cc(F)ccc2S(=O)(=O)Nc2ccc3c(c2C(=O)O)OC[C@@H]2C[C@H]32)C1.O=CO. The summed E-state index contributed by atoms with van der Waals surface area (Å²) >= 11 is 0. The zero-order valence-electron chi connectivity index (χ0n) is 21.4. The summed E-state index contributed by atoms with van der Waals surface area (Å²) in [6, 6.07) is 6.45. The maximum atomic E-state index is 14.1. The molecule has 2 aromatic rings. The summed E-state index contributed by atoms with van der Waals surface area (Å²) in [6.07, 6.45) is 1.86. The molecule has 5 rings (SSSR count). The number of sulfonamides is 1. The van der Waals surface area contributed by atoms with E-state index in [0.717, 1.165) is 49.7 Å². The highest BCUT2D eigenvalue weighted by Crippen LogP contribution is 2.55. The number of aryl methyl sites for hydroxylation is 1. The number of Topliss-reactive ketones (excluding diaryl/α,β-unsaturated/α-hetero) is 1. The Balaban J connectivity index is 0.00000112. The lowest BCUT2D eigenvalue weighted by Gasteiger charge is -2.21. The second-order valence-electron chi connectivity index (χ2n) is 9.93. The maximum Gasteiger partial charge on any atom is 0.341 e. The van der Waals surface area contributed by atoms with E-state index in [1.807, 2.05) is 6.92 Å². The van der Waals surface area contributed by atoms with Crippen molar-refractivity contribution in [1.29, 1.82) is 0 Å². The highest BCUT2D eigenvalue weighted by Gasteiger charge is 2.45. The molecule has 2 aromatic carbocycles. The van der Waals surface area contributed by atoms with Crippen LogP contribution in [0.5, 0.6) is 5.75 Å². The van der Waals surface area contributed by atoms with E-state index < -0.39 is 21.8 Å². The Bertz CT molecular complexity index is 1380. The molecule has 3 N–H and O–H groups in total. The molecule has 210 valence electrons. The van der Waals surface area contributed by atoms with E-state index in [9.17, 15) is 27.5 Å². The average Bonchev–Trinajstić information content (AvgIpc) is 3.53. The number of hydrogen-bond donors (Lipinski definition) is 3. The molecule has 0 aromatic heterocycles. The van der Waals surface area contributed by atoms with Gasteiger partial charge in [-0.05, 0) is 73.7 Å². The molecule has 1 aliphatic carbocycles. The molecule has 3 atom stereocenters. The van der Waals surface area contributed by atoms with E-state index in [2.05, 4.69) is 9.62 Å². The first-order valence-corrected chi connectivity index (χ1v) is 14.2. The Morgan fingerprint density at radius 2 is 2.00 bits per heavy atom. The minimum atomic E-state index is -4.28. The van der Waals surface area contributed by atoms with Crippen LogP contribution in [0, 0.1) is 17.7 Å². The number of hydrogen-bond acceptors (Lipinski definition) is 7. The Kier molecular flexibility index (Phi) is 8.55. The summed E-state index contributed by atoms with van der Waals surface area (Å²) in [7, 11) is -4.28. The summed E-state index contributed by atoms with van der Waals surface area (Å²) < 4.78 is 48.9. The number of ketones is 1. The topological polar surface area (TPSA) is 150 Å². The highest BCUT2D eigenvalue weighted by molar-refractivity contribution is 7.92. The van der Waals surface area contributed by atoms with Crippen molar-refractivity contribution in [3.05, 3.63) is 52.8 Å². The minimum absolute atomic E-state index is 0.0323. The van der Waals surface area contributed by atoms with Crippen molar-refractivity contribution < 1.29 is 42.1 Å². The number of carbonyl (C=O) groups excluding carboxylic acids is 1. The normalized spacial score (nSPS) is 21.4. The van der Waals surface area contributed by atoms with Crippen LogP contribution in [-0.4, -0.2) is 68.0 Å². The molecule has 10 nitrogen and oxygen atoms in total. The summed E-state index contributed by atoms with van der Waals surface area (Å²) in [5.41, 5.74) is 0.605. The summed E-state index contributed by atoms with van der Waals surface area (Å²) in [6.45, 7) is 4.60.